The standard InChI is InChI=1S/C9H9BrN2O/c1-5-9(13)12-8-4-6(10)2-3-7(8)11-5/h2-5,11H,1H3,(H,12,13). The van der Waals surface area contributed by atoms with E-state index in [1.165, 1.54) is 0 Å². The first kappa shape index (κ1) is 8.56. The molecule has 0 saturated carbocycles. The van der Waals surface area contributed by atoms with E-state index in [4.69, 9.17) is 0 Å². The van der Waals surface area contributed by atoms with Crippen molar-refractivity contribution in [3.05, 3.63) is 22.7 Å². The Morgan fingerprint density at radius 3 is 2.92 bits per heavy atom. The van der Waals surface area contributed by atoms with Crippen LogP contribution in [0.15, 0.2) is 22.7 Å². The van der Waals surface area contributed by atoms with Crippen molar-refractivity contribution in [3.63, 3.8) is 0 Å². The monoisotopic (exact) mass is 240 g/mol. The van der Waals surface area contributed by atoms with Gasteiger partial charge in [-0.3, -0.25) is 4.79 Å². The average molecular weight is 241 g/mol. The van der Waals surface area contributed by atoms with Crippen molar-refractivity contribution in [1.29, 1.82) is 0 Å². The number of halogens is 1. The zero-order valence-electron chi connectivity index (χ0n) is 7.10. The summed E-state index contributed by atoms with van der Waals surface area (Å²) in [6.07, 6.45) is 0. The van der Waals surface area contributed by atoms with Crippen molar-refractivity contribution in [2.75, 3.05) is 10.6 Å². The number of carbonyl (C=O) groups excluding carboxylic acids is 1. The predicted octanol–water partition coefficient (Wildman–Crippen LogP) is 2.20. The number of fused-ring (bicyclic) bond motifs is 1. The van der Waals surface area contributed by atoms with Gasteiger partial charge in [0.1, 0.15) is 6.04 Å². The molecular formula is C9H9BrN2O. The maximum Gasteiger partial charge on any atom is 0.246 e. The molecule has 13 heavy (non-hydrogen) atoms. The highest BCUT2D eigenvalue weighted by atomic mass is 79.9. The average Bonchev–Trinajstić information content (AvgIpc) is 2.08. The molecule has 0 radical (unpaired) electrons. The van der Waals surface area contributed by atoms with Gasteiger partial charge in [-0.2, -0.15) is 0 Å². The fourth-order valence-corrected chi connectivity index (χ4v) is 1.65. The number of nitrogens with one attached hydrogen (secondary N) is 2. The van der Waals surface area contributed by atoms with Gasteiger partial charge >= 0.3 is 0 Å². The van der Waals surface area contributed by atoms with Gasteiger partial charge in [0, 0.05) is 4.47 Å². The minimum Gasteiger partial charge on any atom is -0.372 e. The fraction of sp³-hybridized carbons (Fsp3) is 0.222. The molecule has 2 N–H and O–H groups in total. The zero-order valence-corrected chi connectivity index (χ0v) is 8.68. The third-order valence-electron chi connectivity index (χ3n) is 2.00. The molecule has 1 unspecified atom stereocenters. The molecule has 1 aliphatic heterocycles. The summed E-state index contributed by atoms with van der Waals surface area (Å²) in [5.74, 6) is 0.00519. The van der Waals surface area contributed by atoms with Crippen LogP contribution in [0.3, 0.4) is 0 Å². The van der Waals surface area contributed by atoms with E-state index in [1.54, 1.807) is 0 Å². The third kappa shape index (κ3) is 1.54. The number of rotatable bonds is 0. The normalized spacial score (nSPS) is 20.2. The minimum atomic E-state index is -0.159. The zero-order chi connectivity index (χ0) is 9.42. The van der Waals surface area contributed by atoms with E-state index >= 15 is 0 Å². The summed E-state index contributed by atoms with van der Waals surface area (Å²) >= 11 is 3.35. The van der Waals surface area contributed by atoms with Crippen LogP contribution in [0.5, 0.6) is 0 Å². The van der Waals surface area contributed by atoms with Gasteiger partial charge in [0.2, 0.25) is 5.91 Å². The molecule has 1 aromatic rings. The maximum absolute atomic E-state index is 11.3. The predicted molar refractivity (Wildman–Crippen MR) is 55.9 cm³/mol. The van der Waals surface area contributed by atoms with Crippen LogP contribution in [-0.2, 0) is 4.79 Å². The Morgan fingerprint density at radius 1 is 1.38 bits per heavy atom. The maximum atomic E-state index is 11.3. The molecule has 0 saturated heterocycles. The largest absolute Gasteiger partial charge is 0.372 e. The van der Waals surface area contributed by atoms with Gasteiger partial charge in [0.05, 0.1) is 11.4 Å². The quantitative estimate of drug-likeness (QED) is 0.731. The van der Waals surface area contributed by atoms with Crippen LogP contribution in [-0.4, -0.2) is 11.9 Å². The lowest BCUT2D eigenvalue weighted by atomic mass is 10.1. The van der Waals surface area contributed by atoms with Gasteiger partial charge in [-0.05, 0) is 25.1 Å². The van der Waals surface area contributed by atoms with Crippen molar-refractivity contribution in [2.24, 2.45) is 0 Å². The molecule has 68 valence electrons. The molecular weight excluding hydrogens is 232 g/mol. The highest BCUT2D eigenvalue weighted by molar-refractivity contribution is 9.10. The molecule has 0 aromatic heterocycles. The van der Waals surface area contributed by atoms with Crippen LogP contribution in [0.2, 0.25) is 0 Å². The highest BCUT2D eigenvalue weighted by Crippen LogP contribution is 2.29. The second-order valence-electron chi connectivity index (χ2n) is 3.05. The second kappa shape index (κ2) is 3.03. The van der Waals surface area contributed by atoms with Crippen molar-refractivity contribution < 1.29 is 4.79 Å². The lowest BCUT2D eigenvalue weighted by Gasteiger charge is -2.24. The molecule has 3 nitrogen and oxygen atoms in total. The van der Waals surface area contributed by atoms with Crippen molar-refractivity contribution in [3.8, 4) is 0 Å². The van der Waals surface area contributed by atoms with Gasteiger partial charge < -0.3 is 10.6 Å². The molecule has 0 bridgehead atoms. The molecule has 0 fully saturated rings. The van der Waals surface area contributed by atoms with Gasteiger partial charge in [0.15, 0.2) is 0 Å². The summed E-state index contributed by atoms with van der Waals surface area (Å²) < 4.78 is 0.961. The molecule has 1 aliphatic rings. The molecule has 4 heteroatoms. The van der Waals surface area contributed by atoms with Crippen LogP contribution >= 0.6 is 15.9 Å². The Morgan fingerprint density at radius 2 is 2.15 bits per heavy atom. The number of anilines is 2. The van der Waals surface area contributed by atoms with Crippen molar-refractivity contribution in [2.45, 2.75) is 13.0 Å². The van der Waals surface area contributed by atoms with Gasteiger partial charge in [-0.15, -0.1) is 0 Å². The van der Waals surface area contributed by atoms with E-state index in [-0.39, 0.29) is 11.9 Å². The van der Waals surface area contributed by atoms with Crippen LogP contribution in [0.1, 0.15) is 6.92 Å². The summed E-state index contributed by atoms with van der Waals surface area (Å²) in [5.41, 5.74) is 1.80. The first-order chi connectivity index (χ1) is 6.16. The lowest BCUT2D eigenvalue weighted by molar-refractivity contribution is -0.116. The number of benzene rings is 1. The first-order valence-corrected chi connectivity index (χ1v) is 4.83. The third-order valence-corrected chi connectivity index (χ3v) is 2.50. The van der Waals surface area contributed by atoms with Gasteiger partial charge in [-0.25, -0.2) is 0 Å². The van der Waals surface area contributed by atoms with Crippen LogP contribution in [0.25, 0.3) is 0 Å². The SMILES string of the molecule is CC1Nc2ccc(Br)cc2NC1=O. The van der Waals surface area contributed by atoms with Gasteiger partial charge in [0.25, 0.3) is 0 Å². The molecule has 0 spiro atoms. The second-order valence-corrected chi connectivity index (χ2v) is 3.96. The summed E-state index contributed by atoms with van der Waals surface area (Å²) in [5, 5.41) is 5.92. The van der Waals surface area contributed by atoms with Crippen LogP contribution in [0, 0.1) is 0 Å². The Kier molecular flexibility index (Phi) is 2.00. The summed E-state index contributed by atoms with van der Waals surface area (Å²) in [6.45, 7) is 1.83. The van der Waals surface area contributed by atoms with E-state index in [0.717, 1.165) is 15.8 Å². The summed E-state index contributed by atoms with van der Waals surface area (Å²) in [7, 11) is 0. The Labute approximate surface area is 84.6 Å². The van der Waals surface area contributed by atoms with E-state index in [2.05, 4.69) is 26.6 Å². The van der Waals surface area contributed by atoms with Crippen molar-refractivity contribution >= 4 is 33.2 Å². The van der Waals surface area contributed by atoms with E-state index in [9.17, 15) is 4.79 Å². The first-order valence-electron chi connectivity index (χ1n) is 4.04. The van der Waals surface area contributed by atoms with Crippen LogP contribution < -0.4 is 10.6 Å². The van der Waals surface area contributed by atoms with Crippen LogP contribution in [0.4, 0.5) is 11.4 Å². The number of amides is 1. The van der Waals surface area contributed by atoms with E-state index < -0.39 is 0 Å². The Bertz CT molecular complexity index is 365. The number of carbonyl (C=O) groups is 1. The summed E-state index contributed by atoms with van der Waals surface area (Å²) in [4.78, 5) is 11.3. The molecule has 1 atom stereocenters. The molecule has 1 amide bonds. The number of hydrogen-bond donors (Lipinski definition) is 2. The molecule has 0 aliphatic carbocycles. The molecule has 1 heterocycles. The van der Waals surface area contributed by atoms with Crippen molar-refractivity contribution in [1.82, 2.24) is 0 Å². The highest BCUT2D eigenvalue weighted by Gasteiger charge is 2.20. The molecule has 1 aromatic carbocycles. The topological polar surface area (TPSA) is 41.1 Å². The summed E-state index contributed by atoms with van der Waals surface area (Å²) in [6, 6.07) is 5.60. The smallest absolute Gasteiger partial charge is 0.246 e. The van der Waals surface area contributed by atoms with E-state index in [1.807, 2.05) is 25.1 Å². The number of hydrogen-bond acceptors (Lipinski definition) is 2. The Balaban J connectivity index is 2.42. The Hall–Kier alpha value is -1.03. The molecule has 2 rings (SSSR count). The van der Waals surface area contributed by atoms with E-state index in [0.29, 0.717) is 0 Å². The minimum absolute atomic E-state index is 0.00519. The van der Waals surface area contributed by atoms with Gasteiger partial charge in [-0.1, -0.05) is 15.9 Å². The lowest BCUT2D eigenvalue weighted by Crippen LogP contribution is -2.36. The fourth-order valence-electron chi connectivity index (χ4n) is 1.29.